The lowest BCUT2D eigenvalue weighted by Gasteiger charge is -2.26. The van der Waals surface area contributed by atoms with Crippen LogP contribution in [-0.2, 0) is 26.1 Å². The van der Waals surface area contributed by atoms with E-state index >= 15 is 0 Å². The third kappa shape index (κ3) is 4.87. The Morgan fingerprint density at radius 2 is 1.93 bits per heavy atom. The van der Waals surface area contributed by atoms with Gasteiger partial charge in [0.25, 0.3) is 0 Å². The third-order valence-corrected chi connectivity index (χ3v) is 6.50. The van der Waals surface area contributed by atoms with Crippen LogP contribution in [0, 0.1) is 5.82 Å². The summed E-state index contributed by atoms with van der Waals surface area (Å²) in [7, 11) is -2.42. The number of benzene rings is 2. The third-order valence-electron chi connectivity index (χ3n) is 4.37. The largest absolute Gasteiger partial charge is 0.496 e. The first-order chi connectivity index (χ1) is 13.8. The number of morpholine rings is 1. The molecule has 3 rings (SSSR count). The summed E-state index contributed by atoms with van der Waals surface area (Å²) >= 11 is 5.94. The molecule has 0 N–H and O–H groups in total. The molecule has 156 valence electrons. The van der Waals surface area contributed by atoms with Crippen LogP contribution in [0.15, 0.2) is 41.3 Å². The minimum absolute atomic E-state index is 0.187. The Bertz CT molecular complexity index is 1010. The molecule has 0 amide bonds. The minimum Gasteiger partial charge on any atom is -0.496 e. The smallest absolute Gasteiger partial charge is 0.341 e. The molecule has 0 saturated carbocycles. The highest BCUT2D eigenvalue weighted by molar-refractivity contribution is 7.89. The summed E-state index contributed by atoms with van der Waals surface area (Å²) in [5.74, 6) is -1.43. The predicted molar refractivity (Wildman–Crippen MR) is 103 cm³/mol. The van der Waals surface area contributed by atoms with Crippen molar-refractivity contribution in [1.82, 2.24) is 4.31 Å². The Balaban J connectivity index is 1.81. The van der Waals surface area contributed by atoms with Crippen LogP contribution >= 0.6 is 11.6 Å². The Kier molecular flexibility index (Phi) is 6.74. The fourth-order valence-electron chi connectivity index (χ4n) is 2.84. The number of esters is 1. The average molecular weight is 444 g/mol. The highest BCUT2D eigenvalue weighted by atomic mass is 35.5. The number of halogens is 2. The van der Waals surface area contributed by atoms with Crippen molar-refractivity contribution < 1.29 is 31.8 Å². The maximum Gasteiger partial charge on any atom is 0.341 e. The first kappa shape index (κ1) is 21.5. The molecule has 1 aliphatic heterocycles. The lowest BCUT2D eigenvalue weighted by Crippen LogP contribution is -2.40. The molecule has 2 aromatic rings. The van der Waals surface area contributed by atoms with Crippen LogP contribution in [0.3, 0.4) is 0 Å². The second-order valence-corrected chi connectivity index (χ2v) is 8.56. The van der Waals surface area contributed by atoms with Gasteiger partial charge < -0.3 is 14.2 Å². The molecular formula is C19H19ClFNO6S. The molecule has 0 atom stereocenters. The number of carbonyl (C=O) groups excluding carboxylic acids is 1. The van der Waals surface area contributed by atoms with Gasteiger partial charge in [0, 0.05) is 23.7 Å². The Hall–Kier alpha value is -2.20. The molecule has 0 aliphatic carbocycles. The Labute approximate surface area is 173 Å². The van der Waals surface area contributed by atoms with Crippen molar-refractivity contribution in [2.75, 3.05) is 33.4 Å². The molecule has 2 aromatic carbocycles. The van der Waals surface area contributed by atoms with Crippen LogP contribution < -0.4 is 4.74 Å². The molecule has 29 heavy (non-hydrogen) atoms. The van der Waals surface area contributed by atoms with Gasteiger partial charge in [-0.25, -0.2) is 17.6 Å². The maximum atomic E-state index is 14.2. The Morgan fingerprint density at radius 3 is 2.62 bits per heavy atom. The normalized spacial score (nSPS) is 15.1. The summed E-state index contributed by atoms with van der Waals surface area (Å²) in [4.78, 5) is 12.2. The van der Waals surface area contributed by atoms with E-state index in [1.165, 1.54) is 11.4 Å². The number of nitrogens with zero attached hydrogens (tertiary/aromatic N) is 1. The van der Waals surface area contributed by atoms with Crippen molar-refractivity contribution >= 4 is 27.6 Å². The van der Waals surface area contributed by atoms with Gasteiger partial charge in [0.2, 0.25) is 10.0 Å². The summed E-state index contributed by atoms with van der Waals surface area (Å²) in [6, 6.07) is 7.83. The number of methoxy groups -OCH3 is 1. The second kappa shape index (κ2) is 9.08. The lowest BCUT2D eigenvalue weighted by molar-refractivity contribution is 0.0464. The number of ether oxygens (including phenoxy) is 3. The number of carbonyl (C=O) groups is 1. The van der Waals surface area contributed by atoms with E-state index in [0.29, 0.717) is 16.3 Å². The van der Waals surface area contributed by atoms with Gasteiger partial charge >= 0.3 is 5.97 Å². The van der Waals surface area contributed by atoms with Crippen LogP contribution in [0.5, 0.6) is 5.75 Å². The molecule has 0 spiro atoms. The van der Waals surface area contributed by atoms with Crippen molar-refractivity contribution in [3.05, 3.63) is 58.4 Å². The van der Waals surface area contributed by atoms with Crippen LogP contribution in [0.1, 0.15) is 15.9 Å². The van der Waals surface area contributed by atoms with Crippen LogP contribution in [-0.4, -0.2) is 52.1 Å². The zero-order chi connectivity index (χ0) is 21.0. The number of hydrogen-bond donors (Lipinski definition) is 0. The molecule has 7 nitrogen and oxygen atoms in total. The number of hydrogen-bond acceptors (Lipinski definition) is 6. The molecule has 1 heterocycles. The Morgan fingerprint density at radius 1 is 1.21 bits per heavy atom. The summed E-state index contributed by atoms with van der Waals surface area (Å²) in [6.45, 7) is 0.706. The summed E-state index contributed by atoms with van der Waals surface area (Å²) in [6.07, 6.45) is 0. The second-order valence-electron chi connectivity index (χ2n) is 6.19. The topological polar surface area (TPSA) is 82.1 Å². The van der Waals surface area contributed by atoms with Gasteiger partial charge in [-0.1, -0.05) is 11.6 Å². The molecule has 1 saturated heterocycles. The van der Waals surface area contributed by atoms with E-state index < -0.39 is 27.4 Å². The van der Waals surface area contributed by atoms with E-state index in [1.807, 2.05) is 0 Å². The molecule has 0 aromatic heterocycles. The van der Waals surface area contributed by atoms with Crippen molar-refractivity contribution in [2.24, 2.45) is 0 Å². The summed E-state index contributed by atoms with van der Waals surface area (Å²) < 4.78 is 56.4. The van der Waals surface area contributed by atoms with Gasteiger partial charge in [-0.05, 0) is 36.4 Å². The average Bonchev–Trinajstić information content (AvgIpc) is 2.73. The zero-order valence-corrected chi connectivity index (χ0v) is 17.1. The molecule has 0 bridgehead atoms. The first-order valence-corrected chi connectivity index (χ1v) is 10.5. The van der Waals surface area contributed by atoms with Gasteiger partial charge in [0.15, 0.2) is 0 Å². The van der Waals surface area contributed by atoms with Crippen molar-refractivity contribution in [2.45, 2.75) is 11.5 Å². The SMILES string of the molecule is COc1ccc(Cl)cc1COC(=O)c1cc(S(=O)(=O)N2CCOCC2)ccc1F. The predicted octanol–water partition coefficient (Wildman–Crippen LogP) is 2.87. The van der Waals surface area contributed by atoms with E-state index in [4.69, 9.17) is 25.8 Å². The summed E-state index contributed by atoms with van der Waals surface area (Å²) in [5, 5.41) is 0.418. The van der Waals surface area contributed by atoms with Crippen molar-refractivity contribution in [3.8, 4) is 5.75 Å². The van der Waals surface area contributed by atoms with Crippen molar-refractivity contribution in [1.29, 1.82) is 0 Å². The highest BCUT2D eigenvalue weighted by Crippen LogP contribution is 2.25. The van der Waals surface area contributed by atoms with Crippen LogP contribution in [0.4, 0.5) is 4.39 Å². The van der Waals surface area contributed by atoms with Gasteiger partial charge in [-0.3, -0.25) is 0 Å². The first-order valence-electron chi connectivity index (χ1n) is 8.70. The van der Waals surface area contributed by atoms with Gasteiger partial charge in [0.05, 0.1) is 30.8 Å². The van der Waals surface area contributed by atoms with Gasteiger partial charge in [0.1, 0.15) is 18.2 Å². The number of rotatable bonds is 6. The fraction of sp³-hybridized carbons (Fsp3) is 0.316. The van der Waals surface area contributed by atoms with E-state index in [-0.39, 0.29) is 37.8 Å². The minimum atomic E-state index is -3.88. The molecule has 1 fully saturated rings. The quantitative estimate of drug-likeness (QED) is 0.638. The molecule has 0 unspecified atom stereocenters. The lowest BCUT2D eigenvalue weighted by atomic mass is 10.2. The van der Waals surface area contributed by atoms with Crippen molar-refractivity contribution in [3.63, 3.8) is 0 Å². The van der Waals surface area contributed by atoms with Crippen LogP contribution in [0.25, 0.3) is 0 Å². The zero-order valence-electron chi connectivity index (χ0n) is 15.6. The van der Waals surface area contributed by atoms with Gasteiger partial charge in [-0.15, -0.1) is 0 Å². The molecule has 10 heteroatoms. The maximum absolute atomic E-state index is 14.2. The highest BCUT2D eigenvalue weighted by Gasteiger charge is 2.28. The van der Waals surface area contributed by atoms with E-state index in [0.717, 1.165) is 18.2 Å². The molecule has 0 radical (unpaired) electrons. The molecule has 1 aliphatic rings. The van der Waals surface area contributed by atoms with Gasteiger partial charge in [-0.2, -0.15) is 4.31 Å². The van der Waals surface area contributed by atoms with E-state index in [2.05, 4.69) is 0 Å². The standard InChI is InChI=1S/C19H19ClFNO6S/c1-26-18-5-2-14(20)10-13(18)12-28-19(23)16-11-15(3-4-17(16)21)29(24,25)22-6-8-27-9-7-22/h2-5,10-11H,6-9,12H2,1H3. The van der Waals surface area contributed by atoms with Crippen LogP contribution in [0.2, 0.25) is 5.02 Å². The number of sulfonamides is 1. The van der Waals surface area contributed by atoms with E-state index in [1.54, 1.807) is 18.2 Å². The fourth-order valence-corrected chi connectivity index (χ4v) is 4.47. The van der Waals surface area contributed by atoms with E-state index in [9.17, 15) is 17.6 Å². The monoisotopic (exact) mass is 443 g/mol. The molecular weight excluding hydrogens is 425 g/mol. The summed E-state index contributed by atoms with van der Waals surface area (Å²) in [5.41, 5.74) is 0.0196.